The van der Waals surface area contributed by atoms with Gasteiger partial charge in [0.25, 0.3) is 0 Å². The molecule has 0 aliphatic rings. The first-order valence-electron chi connectivity index (χ1n) is 7.63. The van der Waals surface area contributed by atoms with Gasteiger partial charge in [-0.15, -0.1) is 0 Å². The van der Waals surface area contributed by atoms with Crippen molar-refractivity contribution in [2.24, 2.45) is 5.73 Å². The fraction of sp³-hybridized carbons (Fsp3) is 0.471. The monoisotopic (exact) mass is 289 g/mol. The minimum atomic E-state index is -0.569. The first kappa shape index (κ1) is 15.7. The lowest BCUT2D eigenvalue weighted by Crippen LogP contribution is -2.39. The van der Waals surface area contributed by atoms with Gasteiger partial charge in [0.05, 0.1) is 5.69 Å². The Balaban J connectivity index is 2.36. The van der Waals surface area contributed by atoms with E-state index in [0.29, 0.717) is 6.42 Å². The summed E-state index contributed by atoms with van der Waals surface area (Å²) in [5, 5.41) is 4.56. The summed E-state index contributed by atoms with van der Waals surface area (Å²) in [5.41, 5.74) is 9.04. The van der Waals surface area contributed by atoms with Crippen LogP contribution in [0.5, 0.6) is 0 Å². The molecule has 1 heterocycles. The Labute approximate surface area is 126 Å². The molecule has 2 aromatic rings. The molecule has 2 N–H and O–H groups in total. The van der Waals surface area contributed by atoms with E-state index < -0.39 is 5.54 Å². The number of aryl methyl sites for hydroxylation is 2. The van der Waals surface area contributed by atoms with Crippen LogP contribution in [0.25, 0.3) is 0 Å². The fourth-order valence-electron chi connectivity index (χ4n) is 2.66. The first-order chi connectivity index (χ1) is 10.0. The maximum absolute atomic E-state index is 13.5. The molecule has 0 spiro atoms. The van der Waals surface area contributed by atoms with E-state index in [9.17, 15) is 4.39 Å². The van der Waals surface area contributed by atoms with Crippen LogP contribution in [0.2, 0.25) is 0 Å². The van der Waals surface area contributed by atoms with Gasteiger partial charge in [0.2, 0.25) is 0 Å². The Morgan fingerprint density at radius 2 is 2.00 bits per heavy atom. The second kappa shape index (κ2) is 6.39. The third-order valence-corrected chi connectivity index (χ3v) is 4.10. The zero-order valence-corrected chi connectivity index (χ0v) is 13.1. The van der Waals surface area contributed by atoms with Crippen molar-refractivity contribution in [3.05, 3.63) is 53.1 Å². The van der Waals surface area contributed by atoms with Gasteiger partial charge in [-0.05, 0) is 43.5 Å². The molecule has 0 radical (unpaired) electrons. The smallest absolute Gasteiger partial charge is 0.123 e. The molecule has 1 aromatic heterocycles. The van der Waals surface area contributed by atoms with Crippen LogP contribution in [0, 0.1) is 5.82 Å². The van der Waals surface area contributed by atoms with Gasteiger partial charge in [0.1, 0.15) is 5.82 Å². The fourth-order valence-corrected chi connectivity index (χ4v) is 2.66. The highest BCUT2D eigenvalue weighted by atomic mass is 19.1. The predicted octanol–water partition coefficient (Wildman–Crippen LogP) is 3.41. The van der Waals surface area contributed by atoms with Crippen LogP contribution in [-0.2, 0) is 24.9 Å². The van der Waals surface area contributed by atoms with Crippen molar-refractivity contribution < 1.29 is 4.39 Å². The van der Waals surface area contributed by atoms with Gasteiger partial charge in [0, 0.05) is 24.2 Å². The molecule has 0 aliphatic carbocycles. The van der Waals surface area contributed by atoms with Crippen LogP contribution < -0.4 is 5.73 Å². The molecule has 0 saturated heterocycles. The van der Waals surface area contributed by atoms with Crippen LogP contribution in [0.15, 0.2) is 30.3 Å². The Morgan fingerprint density at radius 1 is 1.24 bits per heavy atom. The third kappa shape index (κ3) is 3.32. The minimum Gasteiger partial charge on any atom is -0.321 e. The van der Waals surface area contributed by atoms with E-state index in [1.807, 2.05) is 17.7 Å². The van der Waals surface area contributed by atoms with Gasteiger partial charge in [-0.1, -0.05) is 26.0 Å². The van der Waals surface area contributed by atoms with Gasteiger partial charge in [0.15, 0.2) is 0 Å². The van der Waals surface area contributed by atoms with E-state index in [0.717, 1.165) is 36.3 Å². The molecule has 114 valence electrons. The minimum absolute atomic E-state index is 0.242. The van der Waals surface area contributed by atoms with E-state index in [4.69, 9.17) is 5.73 Å². The van der Waals surface area contributed by atoms with Crippen LogP contribution in [0.4, 0.5) is 4.39 Å². The molecule has 1 atom stereocenters. The summed E-state index contributed by atoms with van der Waals surface area (Å²) in [4.78, 5) is 0. The quantitative estimate of drug-likeness (QED) is 0.885. The molecular formula is C17H24FN3. The summed E-state index contributed by atoms with van der Waals surface area (Å²) >= 11 is 0. The van der Waals surface area contributed by atoms with Crippen LogP contribution in [0.1, 0.15) is 44.1 Å². The largest absolute Gasteiger partial charge is 0.321 e. The van der Waals surface area contributed by atoms with Crippen molar-refractivity contribution in [1.29, 1.82) is 0 Å². The van der Waals surface area contributed by atoms with Gasteiger partial charge < -0.3 is 5.73 Å². The van der Waals surface area contributed by atoms with Crippen LogP contribution in [0.3, 0.4) is 0 Å². The standard InChI is InChI=1S/C17H24FN3/c1-4-15-11-16(21(6-3)20-15)12-17(19,5-2)13-8-7-9-14(18)10-13/h7-11H,4-6,12,19H2,1-3H3. The van der Waals surface area contributed by atoms with Crippen molar-refractivity contribution in [1.82, 2.24) is 9.78 Å². The van der Waals surface area contributed by atoms with Crippen LogP contribution >= 0.6 is 0 Å². The average Bonchev–Trinajstić information content (AvgIpc) is 2.89. The number of benzene rings is 1. The Bertz CT molecular complexity index is 606. The van der Waals surface area contributed by atoms with Gasteiger partial charge in [-0.2, -0.15) is 5.10 Å². The highest BCUT2D eigenvalue weighted by Gasteiger charge is 2.27. The number of nitrogens with two attached hydrogens (primary N) is 1. The van der Waals surface area contributed by atoms with Gasteiger partial charge >= 0.3 is 0 Å². The van der Waals surface area contributed by atoms with Crippen molar-refractivity contribution in [2.45, 2.75) is 52.1 Å². The summed E-state index contributed by atoms with van der Waals surface area (Å²) in [7, 11) is 0. The van der Waals surface area contributed by atoms with E-state index in [1.54, 1.807) is 6.07 Å². The Morgan fingerprint density at radius 3 is 2.57 bits per heavy atom. The van der Waals surface area contributed by atoms with Crippen molar-refractivity contribution in [3.8, 4) is 0 Å². The predicted molar refractivity (Wildman–Crippen MR) is 83.5 cm³/mol. The third-order valence-electron chi connectivity index (χ3n) is 4.10. The maximum atomic E-state index is 13.5. The molecule has 4 heteroatoms. The molecule has 0 bridgehead atoms. The number of nitrogens with zero attached hydrogens (tertiary/aromatic N) is 2. The maximum Gasteiger partial charge on any atom is 0.123 e. The van der Waals surface area contributed by atoms with Gasteiger partial charge in [-0.3, -0.25) is 4.68 Å². The average molecular weight is 289 g/mol. The second-order valence-electron chi connectivity index (χ2n) is 5.49. The lowest BCUT2D eigenvalue weighted by molar-refractivity contribution is 0.405. The second-order valence-corrected chi connectivity index (χ2v) is 5.49. The number of aromatic nitrogens is 2. The molecule has 3 nitrogen and oxygen atoms in total. The Hall–Kier alpha value is -1.68. The molecule has 0 fully saturated rings. The molecular weight excluding hydrogens is 265 g/mol. The highest BCUT2D eigenvalue weighted by molar-refractivity contribution is 5.27. The lowest BCUT2D eigenvalue weighted by Gasteiger charge is -2.29. The normalized spacial score (nSPS) is 14.1. The zero-order chi connectivity index (χ0) is 15.5. The van der Waals surface area contributed by atoms with E-state index in [2.05, 4.69) is 25.0 Å². The molecule has 0 amide bonds. The summed E-state index contributed by atoms with van der Waals surface area (Å²) in [6.45, 7) is 7.02. The molecule has 2 rings (SSSR count). The molecule has 1 unspecified atom stereocenters. The summed E-state index contributed by atoms with van der Waals surface area (Å²) in [5.74, 6) is -0.242. The molecule has 0 aliphatic heterocycles. The summed E-state index contributed by atoms with van der Waals surface area (Å²) in [6, 6.07) is 8.72. The SMILES string of the molecule is CCc1cc(CC(N)(CC)c2cccc(F)c2)n(CC)n1. The lowest BCUT2D eigenvalue weighted by atomic mass is 9.84. The molecule has 1 aromatic carbocycles. The topological polar surface area (TPSA) is 43.8 Å². The number of hydrogen-bond donors (Lipinski definition) is 1. The first-order valence-corrected chi connectivity index (χ1v) is 7.63. The van der Waals surface area contributed by atoms with E-state index in [-0.39, 0.29) is 5.82 Å². The summed E-state index contributed by atoms with van der Waals surface area (Å²) in [6.07, 6.45) is 2.31. The molecule has 21 heavy (non-hydrogen) atoms. The number of hydrogen-bond acceptors (Lipinski definition) is 2. The highest BCUT2D eigenvalue weighted by Crippen LogP contribution is 2.27. The molecule has 0 saturated carbocycles. The van der Waals surface area contributed by atoms with E-state index >= 15 is 0 Å². The number of rotatable bonds is 6. The number of halogens is 1. The Kier molecular flexibility index (Phi) is 4.78. The van der Waals surface area contributed by atoms with E-state index in [1.165, 1.54) is 12.1 Å². The van der Waals surface area contributed by atoms with Crippen molar-refractivity contribution in [2.75, 3.05) is 0 Å². The zero-order valence-electron chi connectivity index (χ0n) is 13.1. The van der Waals surface area contributed by atoms with Crippen molar-refractivity contribution in [3.63, 3.8) is 0 Å². The summed E-state index contributed by atoms with van der Waals surface area (Å²) < 4.78 is 15.5. The van der Waals surface area contributed by atoms with Crippen LogP contribution in [-0.4, -0.2) is 9.78 Å². The van der Waals surface area contributed by atoms with Crippen molar-refractivity contribution >= 4 is 0 Å². The van der Waals surface area contributed by atoms with Gasteiger partial charge in [-0.25, -0.2) is 4.39 Å².